The lowest BCUT2D eigenvalue weighted by Gasteiger charge is -2.09. The predicted molar refractivity (Wildman–Crippen MR) is 98.2 cm³/mol. The summed E-state index contributed by atoms with van der Waals surface area (Å²) in [6, 6.07) is 3.84. The molecule has 0 fully saturated rings. The van der Waals surface area contributed by atoms with Crippen LogP contribution in [0.2, 0.25) is 0 Å². The summed E-state index contributed by atoms with van der Waals surface area (Å²) in [4.78, 5) is 8.55. The summed E-state index contributed by atoms with van der Waals surface area (Å²) in [7, 11) is 0. The van der Waals surface area contributed by atoms with Crippen molar-refractivity contribution in [2.45, 2.75) is 40.2 Å². The Hall–Kier alpha value is -1.05. The fraction of sp³-hybridized carbons (Fsp3) is 0.600. The van der Waals surface area contributed by atoms with Gasteiger partial charge in [-0.2, -0.15) is 0 Å². The van der Waals surface area contributed by atoms with E-state index in [2.05, 4.69) is 36.1 Å². The maximum Gasteiger partial charge on any atom is 0.218 e. The number of nitrogens with one attached hydrogen (secondary N) is 1. The highest BCUT2D eigenvalue weighted by molar-refractivity contribution is 14.0. The monoisotopic (exact) mass is 406 g/mol. The number of nitrogens with two attached hydrogens (primary N) is 1. The first-order chi connectivity index (χ1) is 9.63. The van der Waals surface area contributed by atoms with Gasteiger partial charge in [-0.05, 0) is 24.8 Å². The Bertz CT molecular complexity index is 424. The van der Waals surface area contributed by atoms with Crippen molar-refractivity contribution in [3.63, 3.8) is 0 Å². The minimum absolute atomic E-state index is 0. The van der Waals surface area contributed by atoms with Gasteiger partial charge in [-0.25, -0.2) is 9.98 Å². The second kappa shape index (κ2) is 11.6. The highest BCUT2D eigenvalue weighted by Gasteiger charge is 2.04. The highest BCUT2D eigenvalue weighted by atomic mass is 127. The van der Waals surface area contributed by atoms with Crippen LogP contribution < -0.4 is 15.8 Å². The molecule has 0 amide bonds. The average molecular weight is 406 g/mol. The number of guanidine groups is 1. The maximum absolute atomic E-state index is 5.84. The summed E-state index contributed by atoms with van der Waals surface area (Å²) < 4.78 is 5.59. The van der Waals surface area contributed by atoms with Gasteiger partial charge in [-0.3, -0.25) is 0 Å². The SMILES string of the molecule is CCCOc1ncccc1CN=C(N)NCCC(C)C.I. The zero-order valence-electron chi connectivity index (χ0n) is 13.1. The number of hydrogen-bond donors (Lipinski definition) is 2. The zero-order chi connectivity index (χ0) is 14.8. The van der Waals surface area contributed by atoms with Gasteiger partial charge in [-0.1, -0.05) is 26.8 Å². The Morgan fingerprint density at radius 3 is 2.90 bits per heavy atom. The summed E-state index contributed by atoms with van der Waals surface area (Å²) in [6.45, 7) is 8.42. The van der Waals surface area contributed by atoms with Crippen LogP contribution in [0.5, 0.6) is 5.88 Å². The molecule has 0 unspecified atom stereocenters. The lowest BCUT2D eigenvalue weighted by Crippen LogP contribution is -2.32. The molecule has 1 aromatic heterocycles. The van der Waals surface area contributed by atoms with E-state index < -0.39 is 0 Å². The fourth-order valence-electron chi connectivity index (χ4n) is 1.59. The van der Waals surface area contributed by atoms with Gasteiger partial charge >= 0.3 is 0 Å². The smallest absolute Gasteiger partial charge is 0.218 e. The molecular weight excluding hydrogens is 379 g/mol. The molecule has 0 saturated heterocycles. The van der Waals surface area contributed by atoms with Gasteiger partial charge in [-0.15, -0.1) is 24.0 Å². The van der Waals surface area contributed by atoms with Crippen molar-refractivity contribution in [3.8, 4) is 5.88 Å². The zero-order valence-corrected chi connectivity index (χ0v) is 15.5. The largest absolute Gasteiger partial charge is 0.477 e. The molecule has 1 heterocycles. The molecule has 0 bridgehead atoms. The first-order valence-electron chi connectivity index (χ1n) is 7.24. The minimum atomic E-state index is 0. The summed E-state index contributed by atoms with van der Waals surface area (Å²) >= 11 is 0. The van der Waals surface area contributed by atoms with Gasteiger partial charge in [0.1, 0.15) is 0 Å². The molecule has 0 aliphatic carbocycles. The topological polar surface area (TPSA) is 72.5 Å². The molecule has 0 aliphatic heterocycles. The van der Waals surface area contributed by atoms with Crippen LogP contribution in [-0.2, 0) is 6.54 Å². The van der Waals surface area contributed by atoms with E-state index in [1.807, 2.05) is 12.1 Å². The maximum atomic E-state index is 5.84. The molecule has 0 atom stereocenters. The Labute approximate surface area is 144 Å². The third-order valence-corrected chi connectivity index (χ3v) is 2.74. The normalized spacial score (nSPS) is 11.1. The van der Waals surface area contributed by atoms with E-state index in [9.17, 15) is 0 Å². The van der Waals surface area contributed by atoms with E-state index in [0.29, 0.717) is 30.9 Å². The second-order valence-corrected chi connectivity index (χ2v) is 5.13. The van der Waals surface area contributed by atoms with Gasteiger partial charge in [0.05, 0.1) is 13.2 Å². The lowest BCUT2D eigenvalue weighted by atomic mass is 10.1. The number of nitrogens with zero attached hydrogens (tertiary/aromatic N) is 2. The molecule has 0 spiro atoms. The molecule has 0 aromatic carbocycles. The molecule has 0 saturated carbocycles. The number of rotatable bonds is 8. The van der Waals surface area contributed by atoms with Crippen molar-refractivity contribution < 1.29 is 4.74 Å². The van der Waals surface area contributed by atoms with E-state index in [-0.39, 0.29) is 24.0 Å². The van der Waals surface area contributed by atoms with Crippen LogP contribution in [0.3, 0.4) is 0 Å². The highest BCUT2D eigenvalue weighted by Crippen LogP contribution is 2.15. The van der Waals surface area contributed by atoms with Crippen LogP contribution in [0.4, 0.5) is 0 Å². The summed E-state index contributed by atoms with van der Waals surface area (Å²) in [5.74, 6) is 1.77. The van der Waals surface area contributed by atoms with Crippen LogP contribution in [-0.4, -0.2) is 24.1 Å². The number of ether oxygens (including phenoxy) is 1. The van der Waals surface area contributed by atoms with Crippen molar-refractivity contribution in [2.24, 2.45) is 16.6 Å². The molecule has 3 N–H and O–H groups in total. The summed E-state index contributed by atoms with van der Waals surface area (Å²) in [5, 5.41) is 3.11. The van der Waals surface area contributed by atoms with Crippen LogP contribution in [0.25, 0.3) is 0 Å². The van der Waals surface area contributed by atoms with Gasteiger partial charge in [0.15, 0.2) is 5.96 Å². The molecular formula is C15H27IN4O. The van der Waals surface area contributed by atoms with E-state index in [4.69, 9.17) is 10.5 Å². The molecule has 0 aliphatic rings. The molecule has 1 aromatic rings. The number of pyridine rings is 1. The van der Waals surface area contributed by atoms with E-state index in [1.54, 1.807) is 6.20 Å². The Morgan fingerprint density at radius 1 is 1.48 bits per heavy atom. The van der Waals surface area contributed by atoms with Crippen LogP contribution in [0, 0.1) is 5.92 Å². The molecule has 0 radical (unpaired) electrons. The molecule has 1 rings (SSSR count). The average Bonchev–Trinajstić information content (AvgIpc) is 2.43. The van der Waals surface area contributed by atoms with E-state index in [0.717, 1.165) is 24.9 Å². The van der Waals surface area contributed by atoms with Crippen LogP contribution in [0.15, 0.2) is 23.3 Å². The van der Waals surface area contributed by atoms with Gasteiger partial charge in [0.2, 0.25) is 5.88 Å². The van der Waals surface area contributed by atoms with Crippen molar-refractivity contribution in [1.29, 1.82) is 0 Å². The summed E-state index contributed by atoms with van der Waals surface area (Å²) in [5.41, 5.74) is 6.79. The van der Waals surface area contributed by atoms with Crippen molar-refractivity contribution >= 4 is 29.9 Å². The van der Waals surface area contributed by atoms with Gasteiger partial charge in [0.25, 0.3) is 0 Å². The predicted octanol–water partition coefficient (Wildman–Crippen LogP) is 2.94. The Balaban J connectivity index is 0.00000400. The second-order valence-electron chi connectivity index (χ2n) is 5.13. The molecule has 6 heteroatoms. The van der Waals surface area contributed by atoms with Crippen molar-refractivity contribution in [2.75, 3.05) is 13.2 Å². The van der Waals surface area contributed by atoms with Crippen molar-refractivity contribution in [3.05, 3.63) is 23.9 Å². The van der Waals surface area contributed by atoms with Gasteiger partial charge in [0, 0.05) is 18.3 Å². The number of hydrogen-bond acceptors (Lipinski definition) is 3. The molecule has 21 heavy (non-hydrogen) atoms. The molecule has 120 valence electrons. The third kappa shape index (κ3) is 8.75. The minimum Gasteiger partial charge on any atom is -0.477 e. The summed E-state index contributed by atoms with van der Waals surface area (Å²) in [6.07, 6.45) is 3.76. The van der Waals surface area contributed by atoms with E-state index in [1.165, 1.54) is 0 Å². The lowest BCUT2D eigenvalue weighted by molar-refractivity contribution is 0.302. The molecule has 5 nitrogen and oxygen atoms in total. The standard InChI is InChI=1S/C15H26N4O.HI/c1-4-10-20-14-13(6-5-8-17-14)11-19-15(16)18-9-7-12(2)3;/h5-6,8,12H,4,7,9-11H2,1-3H3,(H3,16,18,19);1H. The fourth-order valence-corrected chi connectivity index (χ4v) is 1.59. The van der Waals surface area contributed by atoms with Gasteiger partial charge < -0.3 is 15.8 Å². The third-order valence-electron chi connectivity index (χ3n) is 2.74. The number of aliphatic imine (C=N–C) groups is 1. The quantitative estimate of drug-likeness (QED) is 0.396. The van der Waals surface area contributed by atoms with Crippen molar-refractivity contribution in [1.82, 2.24) is 10.3 Å². The Morgan fingerprint density at radius 2 is 2.24 bits per heavy atom. The van der Waals surface area contributed by atoms with E-state index >= 15 is 0 Å². The Kier molecular flexibility index (Phi) is 11.0. The van der Waals surface area contributed by atoms with Crippen LogP contribution in [0.1, 0.15) is 39.2 Å². The first kappa shape index (κ1) is 19.9. The van der Waals surface area contributed by atoms with Crippen LogP contribution >= 0.6 is 24.0 Å². The first-order valence-corrected chi connectivity index (χ1v) is 7.24. The number of aromatic nitrogens is 1. The number of halogens is 1.